The van der Waals surface area contributed by atoms with Crippen molar-refractivity contribution in [3.8, 4) is 0 Å². The van der Waals surface area contributed by atoms with Crippen molar-refractivity contribution >= 4 is 5.91 Å². The lowest BCUT2D eigenvalue weighted by atomic mass is 10.2. The van der Waals surface area contributed by atoms with Crippen molar-refractivity contribution in [1.82, 2.24) is 19.7 Å². The Hall–Kier alpha value is -2.21. The standard InChI is InChI=1S/C15H20N4O2/c1-21-10-9-18(11-14-5-3-2-4-6-14)15(20)7-8-19-13-16-12-17-19/h2-6,12-13H,7-11H2,1H3. The summed E-state index contributed by atoms with van der Waals surface area (Å²) >= 11 is 0. The highest BCUT2D eigenvalue weighted by Gasteiger charge is 2.13. The third kappa shape index (κ3) is 5.00. The molecule has 0 aliphatic rings. The van der Waals surface area contributed by atoms with E-state index in [0.717, 1.165) is 5.56 Å². The van der Waals surface area contributed by atoms with E-state index in [2.05, 4.69) is 10.1 Å². The molecule has 112 valence electrons. The molecule has 0 saturated carbocycles. The van der Waals surface area contributed by atoms with E-state index >= 15 is 0 Å². The Balaban J connectivity index is 1.92. The molecule has 0 N–H and O–H groups in total. The van der Waals surface area contributed by atoms with Crippen LogP contribution in [-0.4, -0.2) is 45.8 Å². The lowest BCUT2D eigenvalue weighted by molar-refractivity contribution is -0.132. The number of aromatic nitrogens is 3. The van der Waals surface area contributed by atoms with Crippen LogP contribution in [0.5, 0.6) is 0 Å². The molecule has 0 aliphatic carbocycles. The highest BCUT2D eigenvalue weighted by atomic mass is 16.5. The molecule has 0 saturated heterocycles. The van der Waals surface area contributed by atoms with Crippen LogP contribution in [0.2, 0.25) is 0 Å². The molecular formula is C15H20N4O2. The van der Waals surface area contributed by atoms with Gasteiger partial charge in [0.25, 0.3) is 0 Å². The van der Waals surface area contributed by atoms with Crippen LogP contribution in [0.25, 0.3) is 0 Å². The summed E-state index contributed by atoms with van der Waals surface area (Å²) in [4.78, 5) is 18.0. The number of nitrogens with zero attached hydrogens (tertiary/aromatic N) is 4. The van der Waals surface area contributed by atoms with Crippen LogP contribution in [0.1, 0.15) is 12.0 Å². The molecule has 6 nitrogen and oxygen atoms in total. The van der Waals surface area contributed by atoms with E-state index < -0.39 is 0 Å². The molecule has 1 amide bonds. The summed E-state index contributed by atoms with van der Waals surface area (Å²) < 4.78 is 6.75. The van der Waals surface area contributed by atoms with Gasteiger partial charge in [-0.05, 0) is 5.56 Å². The van der Waals surface area contributed by atoms with Crippen molar-refractivity contribution in [3.05, 3.63) is 48.5 Å². The second kappa shape index (κ2) is 8.16. The molecule has 0 spiro atoms. The van der Waals surface area contributed by atoms with Crippen molar-refractivity contribution in [2.24, 2.45) is 0 Å². The molecule has 0 aliphatic heterocycles. The predicted molar refractivity (Wildman–Crippen MR) is 78.4 cm³/mol. The van der Waals surface area contributed by atoms with E-state index in [1.807, 2.05) is 35.2 Å². The molecule has 0 bridgehead atoms. The van der Waals surface area contributed by atoms with Crippen LogP contribution in [0.4, 0.5) is 0 Å². The lowest BCUT2D eigenvalue weighted by Crippen LogP contribution is -2.34. The molecule has 0 atom stereocenters. The molecule has 0 radical (unpaired) electrons. The molecule has 1 aromatic carbocycles. The third-order valence-electron chi connectivity index (χ3n) is 3.16. The van der Waals surface area contributed by atoms with E-state index in [1.165, 1.54) is 6.33 Å². The summed E-state index contributed by atoms with van der Waals surface area (Å²) in [6.45, 7) is 2.25. The summed E-state index contributed by atoms with van der Waals surface area (Å²) in [6, 6.07) is 9.96. The zero-order valence-electron chi connectivity index (χ0n) is 12.2. The number of hydrogen-bond acceptors (Lipinski definition) is 4. The van der Waals surface area contributed by atoms with Crippen molar-refractivity contribution in [1.29, 1.82) is 0 Å². The van der Waals surface area contributed by atoms with Gasteiger partial charge in [0.1, 0.15) is 12.7 Å². The number of ether oxygens (including phenoxy) is 1. The summed E-state index contributed by atoms with van der Waals surface area (Å²) in [6.07, 6.45) is 3.49. The maximum absolute atomic E-state index is 12.4. The smallest absolute Gasteiger partial charge is 0.224 e. The SMILES string of the molecule is COCCN(Cc1ccccc1)C(=O)CCn1cncn1. The molecule has 2 aromatic rings. The number of aryl methyl sites for hydroxylation is 1. The molecule has 1 heterocycles. The van der Waals surface area contributed by atoms with Crippen LogP contribution in [0.3, 0.4) is 0 Å². The van der Waals surface area contributed by atoms with Crippen molar-refractivity contribution in [3.63, 3.8) is 0 Å². The third-order valence-corrected chi connectivity index (χ3v) is 3.16. The van der Waals surface area contributed by atoms with Gasteiger partial charge in [0.15, 0.2) is 0 Å². The number of hydrogen-bond donors (Lipinski definition) is 0. The van der Waals surface area contributed by atoms with E-state index in [4.69, 9.17) is 4.74 Å². The highest BCUT2D eigenvalue weighted by Crippen LogP contribution is 2.06. The van der Waals surface area contributed by atoms with Gasteiger partial charge in [-0.15, -0.1) is 0 Å². The molecule has 1 aromatic heterocycles. The first-order chi connectivity index (χ1) is 10.3. The Morgan fingerprint density at radius 1 is 1.33 bits per heavy atom. The van der Waals surface area contributed by atoms with Crippen molar-refractivity contribution < 1.29 is 9.53 Å². The highest BCUT2D eigenvalue weighted by molar-refractivity contribution is 5.76. The van der Waals surface area contributed by atoms with Gasteiger partial charge in [-0.25, -0.2) is 4.98 Å². The van der Waals surface area contributed by atoms with Gasteiger partial charge >= 0.3 is 0 Å². The molecule has 6 heteroatoms. The van der Waals surface area contributed by atoms with Gasteiger partial charge in [0, 0.05) is 26.6 Å². The monoisotopic (exact) mass is 288 g/mol. The van der Waals surface area contributed by atoms with Gasteiger partial charge in [-0.1, -0.05) is 30.3 Å². The van der Waals surface area contributed by atoms with Crippen LogP contribution in [0, 0.1) is 0 Å². The van der Waals surface area contributed by atoms with Gasteiger partial charge in [0.05, 0.1) is 13.2 Å². The predicted octanol–water partition coefficient (Wildman–Crippen LogP) is 1.34. The summed E-state index contributed by atoms with van der Waals surface area (Å²) in [5.41, 5.74) is 1.11. The molecule has 21 heavy (non-hydrogen) atoms. The first kappa shape index (κ1) is 15.2. The maximum Gasteiger partial charge on any atom is 0.224 e. The molecule has 2 rings (SSSR count). The number of carbonyl (C=O) groups excluding carboxylic acids is 1. The summed E-state index contributed by atoms with van der Waals surface area (Å²) in [5, 5.41) is 4.00. The number of carbonyl (C=O) groups is 1. The van der Waals surface area contributed by atoms with Crippen LogP contribution < -0.4 is 0 Å². The quantitative estimate of drug-likeness (QED) is 0.735. The van der Waals surface area contributed by atoms with E-state index in [9.17, 15) is 4.79 Å². The number of benzene rings is 1. The number of methoxy groups -OCH3 is 1. The fourth-order valence-corrected chi connectivity index (χ4v) is 2.01. The Morgan fingerprint density at radius 3 is 2.81 bits per heavy atom. The minimum absolute atomic E-state index is 0.0893. The van der Waals surface area contributed by atoms with E-state index in [0.29, 0.717) is 32.7 Å². The fraction of sp³-hybridized carbons (Fsp3) is 0.400. The first-order valence-electron chi connectivity index (χ1n) is 6.92. The Bertz CT molecular complexity index is 528. The largest absolute Gasteiger partial charge is 0.383 e. The van der Waals surface area contributed by atoms with Crippen molar-refractivity contribution in [2.75, 3.05) is 20.3 Å². The molecule has 0 fully saturated rings. The minimum atomic E-state index is 0.0893. The van der Waals surface area contributed by atoms with Gasteiger partial charge in [-0.2, -0.15) is 5.10 Å². The topological polar surface area (TPSA) is 60.2 Å². The zero-order chi connectivity index (χ0) is 14.9. The summed E-state index contributed by atoms with van der Waals surface area (Å²) in [7, 11) is 1.64. The molecule has 0 unspecified atom stereocenters. The minimum Gasteiger partial charge on any atom is -0.383 e. The maximum atomic E-state index is 12.4. The lowest BCUT2D eigenvalue weighted by Gasteiger charge is -2.22. The average molecular weight is 288 g/mol. The van der Waals surface area contributed by atoms with E-state index in [-0.39, 0.29) is 5.91 Å². The van der Waals surface area contributed by atoms with Crippen LogP contribution in [-0.2, 0) is 22.6 Å². The number of amides is 1. The van der Waals surface area contributed by atoms with E-state index in [1.54, 1.807) is 18.1 Å². The van der Waals surface area contributed by atoms with Gasteiger partial charge in [-0.3, -0.25) is 9.48 Å². The fourth-order valence-electron chi connectivity index (χ4n) is 2.01. The van der Waals surface area contributed by atoms with Gasteiger partial charge in [0.2, 0.25) is 5.91 Å². The van der Waals surface area contributed by atoms with Crippen LogP contribution >= 0.6 is 0 Å². The van der Waals surface area contributed by atoms with Gasteiger partial charge < -0.3 is 9.64 Å². The normalized spacial score (nSPS) is 10.5. The second-order valence-corrected chi connectivity index (χ2v) is 4.70. The first-order valence-corrected chi connectivity index (χ1v) is 6.92. The number of rotatable bonds is 8. The molecular weight excluding hydrogens is 268 g/mol. The Labute approximate surface area is 124 Å². The summed E-state index contributed by atoms with van der Waals surface area (Å²) in [5.74, 6) is 0.0893. The van der Waals surface area contributed by atoms with Crippen molar-refractivity contribution in [2.45, 2.75) is 19.5 Å². The Morgan fingerprint density at radius 2 is 2.14 bits per heavy atom. The average Bonchev–Trinajstić information content (AvgIpc) is 3.03. The zero-order valence-corrected chi connectivity index (χ0v) is 12.2. The van der Waals surface area contributed by atoms with Crippen LogP contribution in [0.15, 0.2) is 43.0 Å². The Kier molecular flexibility index (Phi) is 5.90. The second-order valence-electron chi connectivity index (χ2n) is 4.70.